The van der Waals surface area contributed by atoms with Crippen LogP contribution in [-0.2, 0) is 16.6 Å². The lowest BCUT2D eigenvalue weighted by Crippen LogP contribution is -2.23. The molecule has 2 aromatic heterocycles. The van der Waals surface area contributed by atoms with E-state index in [9.17, 15) is 13.2 Å². The second kappa shape index (κ2) is 7.13. The second-order valence-electron chi connectivity index (χ2n) is 6.01. The van der Waals surface area contributed by atoms with Crippen LogP contribution in [-0.4, -0.2) is 23.3 Å². The summed E-state index contributed by atoms with van der Waals surface area (Å²) in [5.74, 6) is -0.355. The smallest absolute Gasteiger partial charge is 0.267 e. The minimum atomic E-state index is -3.73. The van der Waals surface area contributed by atoms with Gasteiger partial charge in [-0.25, -0.2) is 12.4 Å². The normalized spacial score (nSPS) is 11.3. The molecule has 0 fully saturated rings. The Morgan fingerprint density at radius 2 is 1.88 bits per heavy atom. The van der Waals surface area contributed by atoms with E-state index in [1.165, 1.54) is 18.5 Å². The van der Waals surface area contributed by atoms with E-state index in [1.807, 2.05) is 19.1 Å². The molecular formula is C19H19N3O3S. The number of aromatic nitrogens is 2. The van der Waals surface area contributed by atoms with Crippen LogP contribution < -0.4 is 5.32 Å². The molecule has 26 heavy (non-hydrogen) atoms. The molecule has 0 aliphatic carbocycles. The summed E-state index contributed by atoms with van der Waals surface area (Å²) in [5.41, 5.74) is 2.70. The molecule has 0 aliphatic heterocycles. The highest BCUT2D eigenvalue weighted by atomic mass is 32.2. The molecule has 7 heteroatoms. The maximum atomic E-state index is 12.7. The van der Waals surface area contributed by atoms with Crippen molar-refractivity contribution in [1.82, 2.24) is 14.3 Å². The standard InChI is InChI=1S/C19H19N3O3S/c1-14-7-8-17(20-11-14)12-21-19(23)16-9-10-22(13-16)26(24,25)18-6-4-3-5-15(18)2/h3-11,13H,12H2,1-2H3,(H,21,23). The zero-order valence-electron chi connectivity index (χ0n) is 14.5. The van der Waals surface area contributed by atoms with E-state index in [2.05, 4.69) is 10.3 Å². The summed E-state index contributed by atoms with van der Waals surface area (Å²) in [6.45, 7) is 3.94. The third-order valence-corrected chi connectivity index (χ3v) is 5.78. The lowest BCUT2D eigenvalue weighted by Gasteiger charge is -2.08. The number of carbonyl (C=O) groups is 1. The minimum Gasteiger partial charge on any atom is -0.346 e. The largest absolute Gasteiger partial charge is 0.346 e. The van der Waals surface area contributed by atoms with Gasteiger partial charge in [0.15, 0.2) is 0 Å². The van der Waals surface area contributed by atoms with Gasteiger partial charge in [0.1, 0.15) is 0 Å². The van der Waals surface area contributed by atoms with Crippen molar-refractivity contribution in [1.29, 1.82) is 0 Å². The van der Waals surface area contributed by atoms with Gasteiger partial charge in [-0.2, -0.15) is 0 Å². The van der Waals surface area contributed by atoms with Gasteiger partial charge in [-0.1, -0.05) is 24.3 Å². The Bertz CT molecular complexity index is 1040. The zero-order valence-corrected chi connectivity index (χ0v) is 15.3. The van der Waals surface area contributed by atoms with Crippen molar-refractivity contribution in [2.75, 3.05) is 0 Å². The summed E-state index contributed by atoms with van der Waals surface area (Å²) in [5, 5.41) is 2.74. The van der Waals surface area contributed by atoms with E-state index >= 15 is 0 Å². The van der Waals surface area contributed by atoms with E-state index in [0.29, 0.717) is 5.56 Å². The molecule has 0 bridgehead atoms. The molecule has 1 aromatic carbocycles. The lowest BCUT2D eigenvalue weighted by molar-refractivity contribution is 0.0950. The van der Waals surface area contributed by atoms with Crippen molar-refractivity contribution in [2.24, 2.45) is 0 Å². The average Bonchev–Trinajstić information content (AvgIpc) is 3.12. The molecule has 1 N–H and O–H groups in total. The Kier molecular flexibility index (Phi) is 4.90. The number of aryl methyl sites for hydroxylation is 2. The molecule has 0 radical (unpaired) electrons. The van der Waals surface area contributed by atoms with E-state index in [0.717, 1.165) is 15.2 Å². The van der Waals surface area contributed by atoms with Gasteiger partial charge >= 0.3 is 0 Å². The number of carbonyl (C=O) groups excluding carboxylic acids is 1. The van der Waals surface area contributed by atoms with Crippen molar-refractivity contribution in [2.45, 2.75) is 25.3 Å². The van der Waals surface area contributed by atoms with Crippen molar-refractivity contribution >= 4 is 15.9 Å². The highest BCUT2D eigenvalue weighted by Crippen LogP contribution is 2.18. The van der Waals surface area contributed by atoms with Gasteiger partial charge in [-0.3, -0.25) is 9.78 Å². The third kappa shape index (κ3) is 3.67. The average molecular weight is 369 g/mol. The summed E-state index contributed by atoms with van der Waals surface area (Å²) in [6.07, 6.45) is 4.42. The first-order valence-corrected chi connectivity index (χ1v) is 9.51. The number of amides is 1. The van der Waals surface area contributed by atoms with Crippen molar-refractivity contribution in [3.63, 3.8) is 0 Å². The van der Waals surface area contributed by atoms with Crippen LogP contribution in [0.4, 0.5) is 0 Å². The summed E-state index contributed by atoms with van der Waals surface area (Å²) >= 11 is 0. The predicted octanol–water partition coefficient (Wildman–Crippen LogP) is 2.67. The van der Waals surface area contributed by atoms with Crippen molar-refractivity contribution in [3.05, 3.63) is 83.4 Å². The Hall–Kier alpha value is -2.93. The van der Waals surface area contributed by atoms with Crippen LogP contribution in [0, 0.1) is 13.8 Å². The van der Waals surface area contributed by atoms with Gasteiger partial charge in [0.25, 0.3) is 15.9 Å². The number of rotatable bonds is 5. The molecule has 0 spiro atoms. The summed E-state index contributed by atoms with van der Waals surface area (Å²) in [7, 11) is -3.73. The van der Waals surface area contributed by atoms with Crippen LogP contribution >= 0.6 is 0 Å². The quantitative estimate of drug-likeness (QED) is 0.750. The van der Waals surface area contributed by atoms with Crippen LogP contribution in [0.5, 0.6) is 0 Å². The first-order chi connectivity index (χ1) is 12.4. The van der Waals surface area contributed by atoms with Crippen molar-refractivity contribution < 1.29 is 13.2 Å². The van der Waals surface area contributed by atoms with E-state index < -0.39 is 10.0 Å². The number of pyridine rings is 1. The molecule has 0 saturated carbocycles. The van der Waals surface area contributed by atoms with Crippen LogP contribution in [0.15, 0.2) is 66.0 Å². The maximum Gasteiger partial charge on any atom is 0.267 e. The molecule has 1 amide bonds. The molecular weight excluding hydrogens is 350 g/mol. The van der Waals surface area contributed by atoms with Gasteiger partial charge in [0.05, 0.1) is 22.7 Å². The molecule has 0 atom stereocenters. The van der Waals surface area contributed by atoms with Gasteiger partial charge in [0.2, 0.25) is 0 Å². The topological polar surface area (TPSA) is 81.1 Å². The highest BCUT2D eigenvalue weighted by Gasteiger charge is 2.20. The molecule has 0 aliphatic rings. The van der Waals surface area contributed by atoms with Gasteiger partial charge in [-0.15, -0.1) is 0 Å². The number of benzene rings is 1. The molecule has 6 nitrogen and oxygen atoms in total. The first-order valence-electron chi connectivity index (χ1n) is 8.07. The summed E-state index contributed by atoms with van der Waals surface area (Å²) in [4.78, 5) is 16.7. The third-order valence-electron chi connectivity index (χ3n) is 3.98. The fraction of sp³-hybridized carbons (Fsp3) is 0.158. The molecule has 134 valence electrons. The SMILES string of the molecule is Cc1ccc(CNC(=O)c2ccn(S(=O)(=O)c3ccccc3C)c2)nc1. The molecule has 3 rings (SSSR count). The van der Waals surface area contributed by atoms with Gasteiger partial charge < -0.3 is 5.32 Å². The zero-order chi connectivity index (χ0) is 18.7. The Morgan fingerprint density at radius 1 is 1.12 bits per heavy atom. The lowest BCUT2D eigenvalue weighted by atomic mass is 10.2. The first kappa shape index (κ1) is 17.9. The van der Waals surface area contributed by atoms with Gasteiger partial charge in [-0.05, 0) is 43.2 Å². The second-order valence-corrected chi connectivity index (χ2v) is 7.82. The predicted molar refractivity (Wildman–Crippen MR) is 98.3 cm³/mol. The molecule has 3 aromatic rings. The Balaban J connectivity index is 1.76. The van der Waals surface area contributed by atoms with Crippen LogP contribution in [0.1, 0.15) is 27.2 Å². The Labute approximate surface area is 152 Å². The number of nitrogens with zero attached hydrogens (tertiary/aromatic N) is 2. The van der Waals surface area contributed by atoms with Crippen LogP contribution in [0.25, 0.3) is 0 Å². The van der Waals surface area contributed by atoms with Gasteiger partial charge in [0, 0.05) is 18.6 Å². The fourth-order valence-electron chi connectivity index (χ4n) is 2.50. The van der Waals surface area contributed by atoms with E-state index in [1.54, 1.807) is 37.4 Å². The highest BCUT2D eigenvalue weighted by molar-refractivity contribution is 7.90. The molecule has 0 saturated heterocycles. The summed E-state index contributed by atoms with van der Waals surface area (Å²) < 4.78 is 26.5. The van der Waals surface area contributed by atoms with E-state index in [-0.39, 0.29) is 22.9 Å². The van der Waals surface area contributed by atoms with Crippen molar-refractivity contribution in [3.8, 4) is 0 Å². The van der Waals surface area contributed by atoms with Crippen LogP contribution in [0.3, 0.4) is 0 Å². The number of hydrogen-bond acceptors (Lipinski definition) is 4. The van der Waals surface area contributed by atoms with Crippen LogP contribution in [0.2, 0.25) is 0 Å². The molecule has 2 heterocycles. The Morgan fingerprint density at radius 3 is 2.58 bits per heavy atom. The van der Waals surface area contributed by atoms with E-state index in [4.69, 9.17) is 0 Å². The maximum absolute atomic E-state index is 12.7. The molecule has 0 unspecified atom stereocenters. The monoisotopic (exact) mass is 369 g/mol. The fourth-order valence-corrected chi connectivity index (χ4v) is 3.92. The number of hydrogen-bond donors (Lipinski definition) is 1. The number of nitrogens with one attached hydrogen (secondary N) is 1. The minimum absolute atomic E-state index is 0.214. The summed E-state index contributed by atoms with van der Waals surface area (Å²) in [6, 6.07) is 12.0.